The first kappa shape index (κ1) is 26.6. The van der Waals surface area contributed by atoms with Crippen molar-refractivity contribution in [1.82, 2.24) is 14.9 Å². The largest absolute Gasteiger partial charge is 0.478 e. The number of imidazole rings is 1. The highest BCUT2D eigenvalue weighted by molar-refractivity contribution is 6.01. The fourth-order valence-corrected chi connectivity index (χ4v) is 6.54. The van der Waals surface area contributed by atoms with Gasteiger partial charge in [-0.2, -0.15) is 0 Å². The summed E-state index contributed by atoms with van der Waals surface area (Å²) in [6, 6.07) is 16.2. The van der Waals surface area contributed by atoms with Crippen molar-refractivity contribution in [1.29, 1.82) is 0 Å². The maximum atomic E-state index is 13.9. The van der Waals surface area contributed by atoms with Gasteiger partial charge < -0.3 is 15.0 Å². The Kier molecular flexibility index (Phi) is 6.17. The van der Waals surface area contributed by atoms with Crippen molar-refractivity contribution < 1.29 is 23.5 Å². The van der Waals surface area contributed by atoms with Crippen LogP contribution in [0.2, 0.25) is 0 Å². The Morgan fingerprint density at radius 3 is 2.41 bits per heavy atom. The van der Waals surface area contributed by atoms with Crippen molar-refractivity contribution in [3.8, 4) is 11.4 Å². The molecular formula is C33H29F2N3O3. The first-order valence-electron chi connectivity index (χ1n) is 13.5. The van der Waals surface area contributed by atoms with Gasteiger partial charge in [0.25, 0.3) is 5.91 Å². The highest BCUT2D eigenvalue weighted by Crippen LogP contribution is 2.55. The minimum Gasteiger partial charge on any atom is -0.478 e. The normalized spacial score (nSPS) is 19.9. The molecule has 1 aromatic heterocycles. The SMILES string of the molecule is CC1(C)C(c2ccc(C(=O)O)cc2)=CC[C@]2(C)CN(C(=O)c3ccccc3-c3nc4cc(F)c(F)cc4[nH]3)CC=C12. The zero-order valence-corrected chi connectivity index (χ0v) is 23.0. The fourth-order valence-electron chi connectivity index (χ4n) is 6.54. The summed E-state index contributed by atoms with van der Waals surface area (Å²) >= 11 is 0. The van der Waals surface area contributed by atoms with Crippen molar-refractivity contribution >= 4 is 28.5 Å². The van der Waals surface area contributed by atoms with Crippen molar-refractivity contribution in [2.75, 3.05) is 13.1 Å². The monoisotopic (exact) mass is 553 g/mol. The molecule has 1 aliphatic heterocycles. The van der Waals surface area contributed by atoms with E-state index >= 15 is 0 Å². The molecule has 4 aromatic rings. The molecule has 8 heteroatoms. The van der Waals surface area contributed by atoms with Gasteiger partial charge in [0.15, 0.2) is 11.6 Å². The minimum atomic E-state index is -0.978. The Hall–Kier alpha value is -4.59. The minimum absolute atomic E-state index is 0.146. The van der Waals surface area contributed by atoms with Gasteiger partial charge in [0.2, 0.25) is 0 Å². The van der Waals surface area contributed by atoms with E-state index in [4.69, 9.17) is 0 Å². The summed E-state index contributed by atoms with van der Waals surface area (Å²) in [6.45, 7) is 7.48. The molecule has 2 N–H and O–H groups in total. The average molecular weight is 554 g/mol. The molecule has 0 unspecified atom stereocenters. The number of aromatic carboxylic acids is 1. The van der Waals surface area contributed by atoms with Gasteiger partial charge >= 0.3 is 5.97 Å². The summed E-state index contributed by atoms with van der Waals surface area (Å²) in [5.41, 5.74) is 4.68. The third-order valence-corrected chi connectivity index (χ3v) is 8.48. The molecule has 2 heterocycles. The second kappa shape index (κ2) is 9.51. The number of hydrogen-bond acceptors (Lipinski definition) is 3. The van der Waals surface area contributed by atoms with E-state index in [2.05, 4.69) is 42.9 Å². The van der Waals surface area contributed by atoms with Crippen LogP contribution < -0.4 is 0 Å². The van der Waals surface area contributed by atoms with E-state index in [1.54, 1.807) is 36.4 Å². The van der Waals surface area contributed by atoms with Crippen LogP contribution in [0.15, 0.2) is 78.4 Å². The number of rotatable bonds is 4. The fraction of sp³-hybridized carbons (Fsp3) is 0.242. The van der Waals surface area contributed by atoms with Crippen molar-refractivity contribution in [3.63, 3.8) is 0 Å². The molecule has 1 amide bonds. The summed E-state index contributed by atoms with van der Waals surface area (Å²) in [5, 5.41) is 9.28. The number of nitrogens with zero attached hydrogens (tertiary/aromatic N) is 2. The van der Waals surface area contributed by atoms with Crippen LogP contribution in [0.25, 0.3) is 28.0 Å². The second-order valence-electron chi connectivity index (χ2n) is 11.6. The standard InChI is InChI=1S/C33H29F2N3O3/c1-32(2)23(19-8-10-20(11-9-19)31(40)41)12-14-33(3)18-38(15-13-28(32)33)30(39)22-7-5-4-6-21(22)29-36-26-16-24(34)25(35)17-27(26)37-29/h4-13,16-17H,14-15,18H2,1-3H3,(H,36,37)(H,40,41)/t33-/m1/s1. The van der Waals surface area contributed by atoms with Gasteiger partial charge in [-0.1, -0.05) is 68.8 Å². The van der Waals surface area contributed by atoms with E-state index in [0.717, 1.165) is 29.7 Å². The molecular weight excluding hydrogens is 524 g/mol. The van der Waals surface area contributed by atoms with Gasteiger partial charge in [0.1, 0.15) is 5.82 Å². The van der Waals surface area contributed by atoms with E-state index in [1.807, 2.05) is 17.0 Å². The molecule has 1 atom stereocenters. The zero-order valence-electron chi connectivity index (χ0n) is 23.0. The van der Waals surface area contributed by atoms with Gasteiger partial charge in [-0.3, -0.25) is 4.79 Å². The maximum absolute atomic E-state index is 13.9. The number of carbonyl (C=O) groups excluding carboxylic acids is 1. The number of carboxylic acids is 1. The number of allylic oxidation sites excluding steroid dienone is 2. The number of halogens is 2. The molecule has 0 saturated heterocycles. The number of H-pyrrole nitrogens is 1. The summed E-state index contributed by atoms with van der Waals surface area (Å²) in [7, 11) is 0. The maximum Gasteiger partial charge on any atom is 0.335 e. The number of carbonyl (C=O) groups is 2. The van der Waals surface area contributed by atoms with Gasteiger partial charge in [-0.15, -0.1) is 0 Å². The number of aromatic nitrogens is 2. The van der Waals surface area contributed by atoms with Crippen LogP contribution in [0.5, 0.6) is 0 Å². The van der Waals surface area contributed by atoms with Crippen LogP contribution >= 0.6 is 0 Å². The van der Waals surface area contributed by atoms with Gasteiger partial charge in [0.05, 0.1) is 22.2 Å². The lowest BCUT2D eigenvalue weighted by Crippen LogP contribution is -2.48. The lowest BCUT2D eigenvalue weighted by Gasteiger charge is -2.50. The Morgan fingerprint density at radius 2 is 1.68 bits per heavy atom. The number of aromatic amines is 1. The van der Waals surface area contributed by atoms with Crippen LogP contribution in [0, 0.1) is 22.5 Å². The lowest BCUT2D eigenvalue weighted by atomic mass is 9.58. The highest BCUT2D eigenvalue weighted by Gasteiger charge is 2.46. The van der Waals surface area contributed by atoms with E-state index in [1.165, 1.54) is 5.57 Å². The number of benzene rings is 3. The predicted octanol–water partition coefficient (Wildman–Crippen LogP) is 7.11. The average Bonchev–Trinajstić information content (AvgIpc) is 3.34. The number of carboxylic acid groups (broad SMARTS) is 1. The smallest absolute Gasteiger partial charge is 0.335 e. The van der Waals surface area contributed by atoms with Crippen molar-refractivity contribution in [3.05, 3.63) is 107 Å². The Balaban J connectivity index is 1.30. The zero-order chi connectivity index (χ0) is 29.1. The molecule has 2 aliphatic rings. The van der Waals surface area contributed by atoms with E-state index in [-0.39, 0.29) is 27.8 Å². The molecule has 208 valence electrons. The first-order chi connectivity index (χ1) is 19.5. The molecule has 1 aliphatic carbocycles. The predicted molar refractivity (Wildman–Crippen MR) is 153 cm³/mol. The molecule has 0 fully saturated rings. The number of hydrogen-bond donors (Lipinski definition) is 2. The summed E-state index contributed by atoms with van der Waals surface area (Å²) < 4.78 is 27.6. The Bertz CT molecular complexity index is 1750. The first-order valence-corrected chi connectivity index (χ1v) is 13.5. The molecule has 0 bridgehead atoms. The van der Waals surface area contributed by atoms with Crippen LogP contribution in [0.4, 0.5) is 8.78 Å². The Labute approximate surface area is 236 Å². The summed E-state index contributed by atoms with van der Waals surface area (Å²) in [6.07, 6.45) is 5.08. The van der Waals surface area contributed by atoms with Crippen LogP contribution in [-0.2, 0) is 0 Å². The third-order valence-electron chi connectivity index (χ3n) is 8.48. The number of fused-ring (bicyclic) bond motifs is 2. The molecule has 3 aromatic carbocycles. The third kappa shape index (κ3) is 4.43. The molecule has 41 heavy (non-hydrogen) atoms. The highest BCUT2D eigenvalue weighted by atomic mass is 19.2. The second-order valence-corrected chi connectivity index (χ2v) is 11.6. The number of nitrogens with one attached hydrogen (secondary N) is 1. The van der Waals surface area contributed by atoms with E-state index in [0.29, 0.717) is 35.6 Å². The quantitative estimate of drug-likeness (QED) is 0.264. The van der Waals surface area contributed by atoms with Crippen molar-refractivity contribution in [2.24, 2.45) is 10.8 Å². The molecule has 0 saturated carbocycles. The van der Waals surface area contributed by atoms with Crippen LogP contribution in [0.1, 0.15) is 53.5 Å². The van der Waals surface area contributed by atoms with Crippen LogP contribution in [-0.4, -0.2) is 44.9 Å². The van der Waals surface area contributed by atoms with Crippen molar-refractivity contribution in [2.45, 2.75) is 27.2 Å². The summed E-state index contributed by atoms with van der Waals surface area (Å²) in [5.74, 6) is -2.68. The van der Waals surface area contributed by atoms with Crippen LogP contribution in [0.3, 0.4) is 0 Å². The topological polar surface area (TPSA) is 86.3 Å². The van der Waals surface area contributed by atoms with Gasteiger partial charge in [-0.05, 0) is 35.8 Å². The van der Waals surface area contributed by atoms with Gasteiger partial charge in [-0.25, -0.2) is 18.6 Å². The summed E-state index contributed by atoms with van der Waals surface area (Å²) in [4.78, 5) is 34.6. The molecule has 0 radical (unpaired) electrons. The van der Waals surface area contributed by atoms with Gasteiger partial charge in [0, 0.05) is 41.6 Å². The van der Waals surface area contributed by atoms with E-state index in [9.17, 15) is 23.5 Å². The molecule has 6 rings (SSSR count). The molecule has 0 spiro atoms. The number of amides is 1. The Morgan fingerprint density at radius 1 is 0.976 bits per heavy atom. The van der Waals surface area contributed by atoms with E-state index < -0.39 is 17.6 Å². The lowest BCUT2D eigenvalue weighted by molar-refractivity contribution is 0.0679. The molecule has 6 nitrogen and oxygen atoms in total.